The molecule has 3 heterocycles. The highest BCUT2D eigenvalue weighted by Crippen LogP contribution is 2.45. The summed E-state index contributed by atoms with van der Waals surface area (Å²) in [6.45, 7) is 1.90. The van der Waals surface area contributed by atoms with Gasteiger partial charge in [0.1, 0.15) is 0 Å². The van der Waals surface area contributed by atoms with Crippen molar-refractivity contribution < 1.29 is 22.8 Å². The first-order chi connectivity index (χ1) is 18.7. The van der Waals surface area contributed by atoms with Crippen LogP contribution in [0.2, 0.25) is 0 Å². The van der Waals surface area contributed by atoms with Crippen molar-refractivity contribution in [3.05, 3.63) is 94.3 Å². The van der Waals surface area contributed by atoms with E-state index in [4.69, 9.17) is 0 Å². The number of likely N-dealkylation sites (N-methyl/N-ethyl adjacent to an activating group) is 1. The van der Waals surface area contributed by atoms with Crippen LogP contribution in [0.4, 0.5) is 18.9 Å². The van der Waals surface area contributed by atoms with Gasteiger partial charge in [-0.15, -0.1) is 0 Å². The van der Waals surface area contributed by atoms with Crippen LogP contribution in [-0.4, -0.2) is 59.8 Å². The maximum Gasteiger partial charge on any atom is 0.416 e. The summed E-state index contributed by atoms with van der Waals surface area (Å²) in [5, 5.41) is 0. The van der Waals surface area contributed by atoms with Gasteiger partial charge in [0.15, 0.2) is 0 Å². The molecule has 9 heteroatoms. The van der Waals surface area contributed by atoms with Crippen molar-refractivity contribution in [1.82, 2.24) is 14.8 Å². The van der Waals surface area contributed by atoms with Crippen LogP contribution < -0.4 is 4.90 Å². The third kappa shape index (κ3) is 4.39. The quantitative estimate of drug-likeness (QED) is 0.499. The van der Waals surface area contributed by atoms with Gasteiger partial charge in [-0.1, -0.05) is 24.3 Å². The van der Waals surface area contributed by atoms with E-state index in [2.05, 4.69) is 17.1 Å². The zero-order valence-electron chi connectivity index (χ0n) is 21.5. The second kappa shape index (κ2) is 9.63. The SMILES string of the molecule is CN1C(=O)c2ccccc2C(C(=O)N2CCN(c3ccc(C(F)(F)F)cc3)CC2)C1c1c[nH]c2c1CCC=C2. The number of anilines is 1. The van der Waals surface area contributed by atoms with Gasteiger partial charge in [0.25, 0.3) is 5.91 Å². The molecule has 3 aromatic rings. The Morgan fingerprint density at radius 2 is 1.69 bits per heavy atom. The first-order valence-corrected chi connectivity index (χ1v) is 13.2. The average molecular weight is 535 g/mol. The number of nitrogens with zero attached hydrogens (tertiary/aromatic N) is 3. The number of allylic oxidation sites excluding steroid dienone is 1. The molecule has 1 aliphatic carbocycles. The number of carbonyl (C=O) groups is 2. The Kier molecular flexibility index (Phi) is 6.24. The van der Waals surface area contributed by atoms with E-state index in [-0.39, 0.29) is 11.8 Å². The molecule has 2 aromatic carbocycles. The zero-order chi connectivity index (χ0) is 27.3. The Balaban J connectivity index is 1.28. The van der Waals surface area contributed by atoms with Crippen molar-refractivity contribution in [2.45, 2.75) is 31.0 Å². The number of piperazine rings is 1. The lowest BCUT2D eigenvalue weighted by Crippen LogP contribution is -2.53. The molecule has 39 heavy (non-hydrogen) atoms. The van der Waals surface area contributed by atoms with Crippen LogP contribution in [0.15, 0.2) is 60.8 Å². The van der Waals surface area contributed by atoms with Crippen LogP contribution in [0, 0.1) is 0 Å². The number of carbonyl (C=O) groups excluding carboxylic acids is 2. The summed E-state index contributed by atoms with van der Waals surface area (Å²) < 4.78 is 38.9. The predicted molar refractivity (Wildman–Crippen MR) is 142 cm³/mol. The monoisotopic (exact) mass is 534 g/mol. The predicted octanol–water partition coefficient (Wildman–Crippen LogP) is 5.25. The minimum atomic E-state index is -4.37. The Bertz CT molecular complexity index is 1440. The van der Waals surface area contributed by atoms with Gasteiger partial charge in [0, 0.05) is 56.4 Å². The Labute approximate surface area is 224 Å². The molecule has 1 aromatic heterocycles. The lowest BCUT2D eigenvalue weighted by atomic mass is 9.78. The molecule has 1 fully saturated rings. The summed E-state index contributed by atoms with van der Waals surface area (Å²) in [6, 6.07) is 12.1. The van der Waals surface area contributed by atoms with Gasteiger partial charge in [0.05, 0.1) is 17.5 Å². The molecular formula is C30H29F3N4O2. The number of aromatic nitrogens is 1. The average Bonchev–Trinajstić information content (AvgIpc) is 3.38. The van der Waals surface area contributed by atoms with Gasteiger partial charge >= 0.3 is 6.18 Å². The number of fused-ring (bicyclic) bond motifs is 2. The molecule has 1 N–H and O–H groups in total. The van der Waals surface area contributed by atoms with Crippen molar-refractivity contribution in [2.24, 2.45) is 0 Å². The fourth-order valence-electron chi connectivity index (χ4n) is 6.18. The second-order valence-electron chi connectivity index (χ2n) is 10.4. The number of alkyl halides is 3. The third-order valence-electron chi connectivity index (χ3n) is 8.22. The van der Waals surface area contributed by atoms with E-state index in [0.29, 0.717) is 37.4 Å². The van der Waals surface area contributed by atoms with E-state index in [9.17, 15) is 22.8 Å². The van der Waals surface area contributed by atoms with Crippen LogP contribution in [0.25, 0.3) is 6.08 Å². The third-order valence-corrected chi connectivity index (χ3v) is 8.22. The summed E-state index contributed by atoms with van der Waals surface area (Å²) >= 11 is 0. The van der Waals surface area contributed by atoms with Gasteiger partial charge < -0.3 is 19.7 Å². The van der Waals surface area contributed by atoms with E-state index in [1.54, 1.807) is 18.0 Å². The van der Waals surface area contributed by atoms with E-state index >= 15 is 0 Å². The molecule has 0 bridgehead atoms. The number of hydrogen-bond acceptors (Lipinski definition) is 3. The Hall–Kier alpha value is -4.01. The topological polar surface area (TPSA) is 59.7 Å². The van der Waals surface area contributed by atoms with Gasteiger partial charge in [-0.25, -0.2) is 0 Å². The summed E-state index contributed by atoms with van der Waals surface area (Å²) in [5.74, 6) is -0.708. The van der Waals surface area contributed by atoms with Crippen molar-refractivity contribution in [3.8, 4) is 0 Å². The largest absolute Gasteiger partial charge is 0.416 e. The smallest absolute Gasteiger partial charge is 0.368 e. The molecule has 6 rings (SSSR count). The maximum atomic E-state index is 14.3. The highest BCUT2D eigenvalue weighted by atomic mass is 19.4. The van der Waals surface area contributed by atoms with Crippen molar-refractivity contribution >= 4 is 23.6 Å². The summed E-state index contributed by atoms with van der Waals surface area (Å²) in [6.07, 6.45) is 3.48. The van der Waals surface area contributed by atoms with Gasteiger partial charge in [-0.2, -0.15) is 13.2 Å². The van der Waals surface area contributed by atoms with Crippen LogP contribution in [0.3, 0.4) is 0 Å². The Morgan fingerprint density at radius 1 is 0.974 bits per heavy atom. The molecule has 2 amide bonds. The molecule has 202 valence electrons. The molecule has 0 radical (unpaired) electrons. The molecule has 0 saturated carbocycles. The van der Waals surface area contributed by atoms with Crippen LogP contribution in [0.5, 0.6) is 0 Å². The van der Waals surface area contributed by atoms with E-state index in [1.165, 1.54) is 12.1 Å². The minimum Gasteiger partial charge on any atom is -0.368 e. The molecule has 2 atom stereocenters. The highest BCUT2D eigenvalue weighted by molar-refractivity contribution is 6.01. The summed E-state index contributed by atoms with van der Waals surface area (Å²) in [7, 11) is 1.77. The first-order valence-electron chi connectivity index (χ1n) is 13.2. The standard InChI is InChI=1S/C30H29F3N4O2/c1-35-27(24-18-34-25-9-5-4-6-21(24)25)26(22-7-2-3-8-23(22)28(35)38)29(39)37-16-14-36(15-17-37)20-12-10-19(11-13-20)30(31,32)33/h2-3,5,7-13,18,26-27,34H,4,6,14-17H2,1H3. The van der Waals surface area contributed by atoms with Crippen molar-refractivity contribution in [3.63, 3.8) is 0 Å². The lowest BCUT2D eigenvalue weighted by Gasteiger charge is -2.43. The fraction of sp³-hybridized carbons (Fsp3) is 0.333. The molecule has 2 unspecified atom stereocenters. The fourth-order valence-corrected chi connectivity index (χ4v) is 6.18. The molecule has 2 aliphatic heterocycles. The number of halogens is 3. The number of nitrogens with one attached hydrogen (secondary N) is 1. The number of rotatable bonds is 3. The zero-order valence-corrected chi connectivity index (χ0v) is 21.5. The van der Waals surface area contributed by atoms with Crippen molar-refractivity contribution in [2.75, 3.05) is 38.1 Å². The van der Waals surface area contributed by atoms with Crippen LogP contribution in [0.1, 0.15) is 56.7 Å². The normalized spacial score (nSPS) is 21.1. The molecule has 1 saturated heterocycles. The lowest BCUT2D eigenvalue weighted by molar-refractivity contribution is -0.137. The number of hydrogen-bond donors (Lipinski definition) is 1. The molecule has 0 spiro atoms. The van der Waals surface area contributed by atoms with E-state index in [1.807, 2.05) is 34.2 Å². The number of benzene rings is 2. The number of H-pyrrole nitrogens is 1. The van der Waals surface area contributed by atoms with E-state index < -0.39 is 23.7 Å². The van der Waals surface area contributed by atoms with E-state index in [0.717, 1.165) is 47.4 Å². The van der Waals surface area contributed by atoms with Crippen LogP contribution in [-0.2, 0) is 17.4 Å². The van der Waals surface area contributed by atoms with Crippen LogP contribution >= 0.6 is 0 Å². The number of amides is 2. The molecule has 3 aliphatic rings. The van der Waals surface area contributed by atoms with Crippen molar-refractivity contribution in [1.29, 1.82) is 0 Å². The summed E-state index contributed by atoms with van der Waals surface area (Å²) in [4.78, 5) is 36.5. The van der Waals surface area contributed by atoms with Gasteiger partial charge in [0.2, 0.25) is 5.91 Å². The maximum absolute atomic E-state index is 14.3. The molecule has 6 nitrogen and oxygen atoms in total. The number of aromatic amines is 1. The highest BCUT2D eigenvalue weighted by Gasteiger charge is 2.45. The second-order valence-corrected chi connectivity index (χ2v) is 10.4. The van der Waals surface area contributed by atoms with Gasteiger partial charge in [-0.05, 0) is 65.9 Å². The Morgan fingerprint density at radius 3 is 2.41 bits per heavy atom. The minimum absolute atomic E-state index is 0.0415. The first kappa shape index (κ1) is 25.3. The summed E-state index contributed by atoms with van der Waals surface area (Å²) in [5.41, 5.74) is 4.45. The molecular weight excluding hydrogens is 505 g/mol. The van der Waals surface area contributed by atoms with Gasteiger partial charge in [-0.3, -0.25) is 9.59 Å².